The Hall–Kier alpha value is -1.08. The Balaban J connectivity index is 2.56. The standard InChI is InChI=1S/C12H17ClN2O3S/c1-9(2)8-18-6-5-15-19(16,17)10-3-4-12(14)11(13)7-10/h3-4,7,15H,1,5-6,8,14H2,2H3. The third kappa shape index (κ3) is 5.20. The van der Waals surface area contributed by atoms with Gasteiger partial charge in [-0.15, -0.1) is 0 Å². The first-order valence-corrected chi connectivity index (χ1v) is 7.46. The van der Waals surface area contributed by atoms with Crippen LogP contribution in [0.3, 0.4) is 0 Å². The number of rotatable bonds is 7. The number of anilines is 1. The van der Waals surface area contributed by atoms with Gasteiger partial charge in [0.2, 0.25) is 10.0 Å². The Morgan fingerprint density at radius 1 is 1.53 bits per heavy atom. The number of halogens is 1. The molecular weight excluding hydrogens is 288 g/mol. The molecule has 0 aliphatic carbocycles. The van der Waals surface area contributed by atoms with Gasteiger partial charge in [-0.1, -0.05) is 23.8 Å². The second-order valence-corrected chi connectivity index (χ2v) is 6.26. The first kappa shape index (κ1) is 16.0. The zero-order valence-corrected chi connectivity index (χ0v) is 12.2. The summed E-state index contributed by atoms with van der Waals surface area (Å²) < 4.78 is 31.4. The molecule has 1 rings (SSSR count). The zero-order valence-electron chi connectivity index (χ0n) is 10.6. The highest BCUT2D eigenvalue weighted by atomic mass is 35.5. The number of sulfonamides is 1. The number of nitrogen functional groups attached to an aromatic ring is 1. The first-order valence-electron chi connectivity index (χ1n) is 5.60. The average Bonchev–Trinajstić information content (AvgIpc) is 2.31. The topological polar surface area (TPSA) is 81.4 Å². The molecule has 0 saturated heterocycles. The summed E-state index contributed by atoms with van der Waals surface area (Å²) in [5.41, 5.74) is 6.75. The van der Waals surface area contributed by atoms with Crippen molar-refractivity contribution < 1.29 is 13.2 Å². The average molecular weight is 305 g/mol. The largest absolute Gasteiger partial charge is 0.398 e. The zero-order chi connectivity index (χ0) is 14.5. The van der Waals surface area contributed by atoms with Crippen molar-refractivity contribution in [2.45, 2.75) is 11.8 Å². The molecule has 106 valence electrons. The summed E-state index contributed by atoms with van der Waals surface area (Å²) in [6.45, 7) is 6.37. The fraction of sp³-hybridized carbons (Fsp3) is 0.333. The smallest absolute Gasteiger partial charge is 0.240 e. The predicted molar refractivity (Wildman–Crippen MR) is 76.7 cm³/mol. The summed E-state index contributed by atoms with van der Waals surface area (Å²) in [5, 5.41) is 0.210. The molecule has 0 atom stereocenters. The van der Waals surface area contributed by atoms with Crippen LogP contribution in [-0.2, 0) is 14.8 Å². The van der Waals surface area contributed by atoms with Gasteiger partial charge < -0.3 is 10.5 Å². The van der Waals surface area contributed by atoms with Crippen molar-refractivity contribution in [3.63, 3.8) is 0 Å². The van der Waals surface area contributed by atoms with E-state index in [9.17, 15) is 8.42 Å². The van der Waals surface area contributed by atoms with Crippen LogP contribution in [0.5, 0.6) is 0 Å². The van der Waals surface area contributed by atoms with Gasteiger partial charge in [-0.2, -0.15) is 0 Å². The van der Waals surface area contributed by atoms with Gasteiger partial charge in [0.15, 0.2) is 0 Å². The molecule has 0 radical (unpaired) electrons. The van der Waals surface area contributed by atoms with Crippen LogP contribution < -0.4 is 10.5 Å². The van der Waals surface area contributed by atoms with Gasteiger partial charge in [-0.05, 0) is 25.1 Å². The molecule has 0 fully saturated rings. The van der Waals surface area contributed by atoms with Crippen LogP contribution in [0.4, 0.5) is 5.69 Å². The summed E-state index contributed by atoms with van der Waals surface area (Å²) in [4.78, 5) is 0.0756. The van der Waals surface area contributed by atoms with Gasteiger partial charge in [-0.3, -0.25) is 0 Å². The summed E-state index contributed by atoms with van der Waals surface area (Å²) in [5.74, 6) is 0. The van der Waals surface area contributed by atoms with Crippen molar-refractivity contribution in [1.29, 1.82) is 0 Å². The van der Waals surface area contributed by atoms with Gasteiger partial charge in [0, 0.05) is 6.54 Å². The second kappa shape index (κ2) is 6.91. The highest BCUT2D eigenvalue weighted by molar-refractivity contribution is 7.89. The number of nitrogens with one attached hydrogen (secondary N) is 1. The van der Waals surface area contributed by atoms with Crippen LogP contribution in [0.15, 0.2) is 35.2 Å². The lowest BCUT2D eigenvalue weighted by atomic mass is 10.3. The molecule has 1 aromatic rings. The fourth-order valence-electron chi connectivity index (χ4n) is 1.25. The normalized spacial score (nSPS) is 11.5. The fourth-order valence-corrected chi connectivity index (χ4v) is 2.54. The number of hydrogen-bond donors (Lipinski definition) is 2. The van der Waals surface area contributed by atoms with Crippen molar-refractivity contribution >= 4 is 27.3 Å². The van der Waals surface area contributed by atoms with E-state index in [4.69, 9.17) is 22.1 Å². The maximum Gasteiger partial charge on any atom is 0.240 e. The highest BCUT2D eigenvalue weighted by Gasteiger charge is 2.14. The third-order valence-corrected chi connectivity index (χ3v) is 3.96. The Morgan fingerprint density at radius 2 is 2.21 bits per heavy atom. The Kier molecular flexibility index (Phi) is 5.81. The third-order valence-electron chi connectivity index (χ3n) is 2.17. The van der Waals surface area contributed by atoms with E-state index in [1.165, 1.54) is 18.2 Å². The monoisotopic (exact) mass is 304 g/mol. The van der Waals surface area contributed by atoms with Crippen molar-refractivity contribution in [3.8, 4) is 0 Å². The molecular formula is C12H17ClN2O3S. The summed E-state index contributed by atoms with van der Waals surface area (Å²) in [6, 6.07) is 4.17. The summed E-state index contributed by atoms with van der Waals surface area (Å²) >= 11 is 5.79. The number of benzene rings is 1. The second-order valence-electron chi connectivity index (χ2n) is 4.09. The van der Waals surface area contributed by atoms with Crippen LogP contribution in [0.25, 0.3) is 0 Å². The summed E-state index contributed by atoms with van der Waals surface area (Å²) in [7, 11) is -3.59. The Morgan fingerprint density at radius 3 is 2.79 bits per heavy atom. The van der Waals surface area contributed by atoms with Crippen molar-refractivity contribution in [3.05, 3.63) is 35.4 Å². The van der Waals surface area contributed by atoms with Gasteiger partial charge in [0.1, 0.15) is 0 Å². The molecule has 7 heteroatoms. The highest BCUT2D eigenvalue weighted by Crippen LogP contribution is 2.22. The van der Waals surface area contributed by atoms with E-state index < -0.39 is 10.0 Å². The van der Waals surface area contributed by atoms with Crippen molar-refractivity contribution in [1.82, 2.24) is 4.72 Å². The molecule has 0 aliphatic heterocycles. The molecule has 0 bridgehead atoms. The van der Waals surface area contributed by atoms with Gasteiger partial charge in [-0.25, -0.2) is 13.1 Å². The van der Waals surface area contributed by atoms with E-state index in [2.05, 4.69) is 11.3 Å². The lowest BCUT2D eigenvalue weighted by Gasteiger charge is -2.08. The quantitative estimate of drug-likeness (QED) is 0.457. The van der Waals surface area contributed by atoms with Crippen molar-refractivity contribution in [2.75, 3.05) is 25.5 Å². The Labute approximate surface area is 118 Å². The van der Waals surface area contributed by atoms with Gasteiger partial charge in [0.05, 0.1) is 28.8 Å². The lowest BCUT2D eigenvalue weighted by Crippen LogP contribution is -2.27. The summed E-state index contributed by atoms with van der Waals surface area (Å²) in [6.07, 6.45) is 0. The molecule has 5 nitrogen and oxygen atoms in total. The number of nitrogens with two attached hydrogens (primary N) is 1. The van der Waals surface area contributed by atoms with Crippen LogP contribution in [0, 0.1) is 0 Å². The molecule has 0 amide bonds. The molecule has 0 aliphatic rings. The maximum absolute atomic E-state index is 11.9. The van der Waals surface area contributed by atoms with Crippen LogP contribution in [0.2, 0.25) is 5.02 Å². The minimum Gasteiger partial charge on any atom is -0.398 e. The molecule has 3 N–H and O–H groups in total. The van der Waals surface area contributed by atoms with Crippen molar-refractivity contribution in [2.24, 2.45) is 0 Å². The molecule has 0 spiro atoms. The maximum atomic E-state index is 11.9. The number of hydrogen-bond acceptors (Lipinski definition) is 4. The molecule has 19 heavy (non-hydrogen) atoms. The van der Waals surface area contributed by atoms with E-state index in [1.54, 1.807) is 0 Å². The van der Waals surface area contributed by atoms with E-state index in [-0.39, 0.29) is 23.1 Å². The molecule has 0 heterocycles. The predicted octanol–water partition coefficient (Wildman–Crippen LogP) is 1.79. The van der Waals surface area contributed by atoms with E-state index in [0.717, 1.165) is 5.57 Å². The lowest BCUT2D eigenvalue weighted by molar-refractivity contribution is 0.162. The van der Waals surface area contributed by atoms with E-state index in [1.807, 2.05) is 6.92 Å². The van der Waals surface area contributed by atoms with Gasteiger partial charge >= 0.3 is 0 Å². The minimum atomic E-state index is -3.59. The van der Waals surface area contributed by atoms with Gasteiger partial charge in [0.25, 0.3) is 0 Å². The number of ether oxygens (including phenoxy) is 1. The molecule has 0 saturated carbocycles. The minimum absolute atomic E-state index is 0.0756. The Bertz CT molecular complexity index is 558. The van der Waals surface area contributed by atoms with Crippen LogP contribution >= 0.6 is 11.6 Å². The molecule has 0 aromatic heterocycles. The van der Waals surface area contributed by atoms with Crippen LogP contribution in [-0.4, -0.2) is 28.2 Å². The van der Waals surface area contributed by atoms with E-state index >= 15 is 0 Å². The first-order chi connectivity index (χ1) is 8.83. The molecule has 1 aromatic carbocycles. The molecule has 0 unspecified atom stereocenters. The SMILES string of the molecule is C=C(C)COCCNS(=O)(=O)c1ccc(N)c(Cl)c1. The van der Waals surface area contributed by atoms with E-state index in [0.29, 0.717) is 12.3 Å². The van der Waals surface area contributed by atoms with Crippen LogP contribution in [0.1, 0.15) is 6.92 Å².